The second-order valence-corrected chi connectivity index (χ2v) is 7.09. The zero-order valence-corrected chi connectivity index (χ0v) is 15.4. The highest BCUT2D eigenvalue weighted by Crippen LogP contribution is 2.30. The number of nitrogens with zero attached hydrogens (tertiary/aromatic N) is 4. The van der Waals surface area contributed by atoms with E-state index >= 15 is 0 Å². The minimum absolute atomic E-state index is 0.131. The number of phenols is 1. The van der Waals surface area contributed by atoms with Crippen LogP contribution in [-0.2, 0) is 0 Å². The number of aromatic nitrogens is 4. The van der Waals surface area contributed by atoms with E-state index in [-0.39, 0.29) is 11.9 Å². The number of phenolic OH excluding ortho intramolecular Hbond substituents is 1. The van der Waals surface area contributed by atoms with Crippen molar-refractivity contribution in [2.24, 2.45) is 0 Å². The molecule has 3 heterocycles. The number of rotatable bonds is 4. The van der Waals surface area contributed by atoms with E-state index in [1.807, 2.05) is 30.5 Å². The average molecular weight is 365 g/mol. The molecule has 0 amide bonds. The number of benzene rings is 1. The minimum atomic E-state index is 0.131. The van der Waals surface area contributed by atoms with Gasteiger partial charge in [-0.25, -0.2) is 4.68 Å². The van der Waals surface area contributed by atoms with Crippen LogP contribution in [0, 0.1) is 0 Å². The van der Waals surface area contributed by atoms with Gasteiger partial charge in [0.1, 0.15) is 11.9 Å². The average Bonchev–Trinajstić information content (AvgIpc) is 3.16. The van der Waals surface area contributed by atoms with Crippen molar-refractivity contribution in [1.82, 2.24) is 25.3 Å². The summed E-state index contributed by atoms with van der Waals surface area (Å²) in [7, 11) is 0. The van der Waals surface area contributed by atoms with Crippen molar-refractivity contribution in [3.8, 4) is 28.6 Å². The molecule has 0 aliphatic carbocycles. The van der Waals surface area contributed by atoms with Gasteiger partial charge in [-0.05, 0) is 51.0 Å². The summed E-state index contributed by atoms with van der Waals surface area (Å²) < 4.78 is 7.69. The fraction of sp³-hybridized carbons (Fsp3) is 0.350. The van der Waals surface area contributed by atoms with Crippen LogP contribution in [-0.4, -0.2) is 43.3 Å². The standard InChI is InChI=1S/C20H23N5O2/c1-13-10-16(11-14(2)22-13)27-20-7-6-18(23-24-20)17-5-4-15(12-19(17)26)25-9-3-8-21-25/h3-9,12-14,16,22,26H,10-11H2,1-2H3/t13-,14+,16?. The first-order valence-electron chi connectivity index (χ1n) is 9.18. The molecule has 2 N–H and O–H groups in total. The van der Waals surface area contributed by atoms with Gasteiger partial charge in [-0.1, -0.05) is 0 Å². The molecule has 7 heteroatoms. The summed E-state index contributed by atoms with van der Waals surface area (Å²) in [5, 5.41) is 26.5. The van der Waals surface area contributed by atoms with Crippen LogP contribution in [0.15, 0.2) is 48.8 Å². The Morgan fingerprint density at radius 2 is 1.93 bits per heavy atom. The normalized spacial score (nSPS) is 22.5. The first-order valence-corrected chi connectivity index (χ1v) is 9.18. The van der Waals surface area contributed by atoms with Crippen molar-refractivity contribution in [3.63, 3.8) is 0 Å². The van der Waals surface area contributed by atoms with E-state index in [0.29, 0.717) is 29.2 Å². The molecular weight excluding hydrogens is 342 g/mol. The van der Waals surface area contributed by atoms with Gasteiger partial charge in [-0.3, -0.25) is 0 Å². The largest absolute Gasteiger partial charge is 0.507 e. The van der Waals surface area contributed by atoms with Gasteiger partial charge in [0.25, 0.3) is 0 Å². The molecule has 0 spiro atoms. The molecule has 1 saturated heterocycles. The molecule has 1 fully saturated rings. The minimum Gasteiger partial charge on any atom is -0.507 e. The smallest absolute Gasteiger partial charge is 0.233 e. The maximum absolute atomic E-state index is 10.4. The highest BCUT2D eigenvalue weighted by atomic mass is 16.5. The summed E-state index contributed by atoms with van der Waals surface area (Å²) in [6.07, 6.45) is 5.55. The van der Waals surface area contributed by atoms with Crippen molar-refractivity contribution in [3.05, 3.63) is 48.8 Å². The van der Waals surface area contributed by atoms with E-state index in [9.17, 15) is 5.11 Å². The molecule has 1 unspecified atom stereocenters. The van der Waals surface area contributed by atoms with Gasteiger partial charge in [0.05, 0.1) is 11.4 Å². The van der Waals surface area contributed by atoms with Gasteiger partial charge >= 0.3 is 0 Å². The highest BCUT2D eigenvalue weighted by molar-refractivity contribution is 5.68. The number of hydrogen-bond donors (Lipinski definition) is 2. The molecular formula is C20H23N5O2. The summed E-state index contributed by atoms with van der Waals surface area (Å²) in [6.45, 7) is 4.33. The number of piperidine rings is 1. The fourth-order valence-corrected chi connectivity index (χ4v) is 3.60. The van der Waals surface area contributed by atoms with Crippen molar-refractivity contribution < 1.29 is 9.84 Å². The van der Waals surface area contributed by atoms with Crippen molar-refractivity contribution in [1.29, 1.82) is 0 Å². The van der Waals surface area contributed by atoms with Crippen LogP contribution in [0.3, 0.4) is 0 Å². The predicted octanol–water partition coefficient (Wildman–Crippen LogP) is 2.94. The third kappa shape index (κ3) is 3.93. The summed E-state index contributed by atoms with van der Waals surface area (Å²) in [6, 6.07) is 11.7. The lowest BCUT2D eigenvalue weighted by atomic mass is 9.98. The molecule has 0 saturated carbocycles. The molecule has 0 bridgehead atoms. The summed E-state index contributed by atoms with van der Waals surface area (Å²) >= 11 is 0. The number of hydrogen-bond acceptors (Lipinski definition) is 6. The number of aromatic hydroxyl groups is 1. The Kier molecular flexibility index (Phi) is 4.77. The lowest BCUT2D eigenvalue weighted by Crippen LogP contribution is -2.46. The Balaban J connectivity index is 1.49. The molecule has 27 heavy (non-hydrogen) atoms. The molecule has 140 valence electrons. The van der Waals surface area contributed by atoms with E-state index in [2.05, 4.69) is 34.5 Å². The quantitative estimate of drug-likeness (QED) is 0.739. The second kappa shape index (κ2) is 7.36. The van der Waals surface area contributed by atoms with E-state index in [0.717, 1.165) is 18.5 Å². The third-order valence-electron chi connectivity index (χ3n) is 4.76. The van der Waals surface area contributed by atoms with Crippen LogP contribution >= 0.6 is 0 Å². The van der Waals surface area contributed by atoms with Gasteiger partial charge in [0, 0.05) is 42.2 Å². The van der Waals surface area contributed by atoms with Crippen LogP contribution in [0.4, 0.5) is 0 Å². The van der Waals surface area contributed by atoms with Gasteiger partial charge in [0.15, 0.2) is 0 Å². The number of ether oxygens (including phenoxy) is 1. The SMILES string of the molecule is C[C@@H]1CC(Oc2ccc(-c3ccc(-n4cccn4)cc3O)nn2)C[C@H](C)N1. The Hall–Kier alpha value is -2.93. The van der Waals surface area contributed by atoms with Crippen LogP contribution < -0.4 is 10.1 Å². The van der Waals surface area contributed by atoms with E-state index in [1.165, 1.54) is 0 Å². The highest BCUT2D eigenvalue weighted by Gasteiger charge is 2.25. The molecule has 1 aromatic carbocycles. The van der Waals surface area contributed by atoms with E-state index in [4.69, 9.17) is 4.74 Å². The van der Waals surface area contributed by atoms with Crippen LogP contribution in [0.2, 0.25) is 0 Å². The molecule has 1 aliphatic rings. The molecule has 3 aromatic rings. The van der Waals surface area contributed by atoms with E-state index < -0.39 is 0 Å². The molecule has 2 aromatic heterocycles. The zero-order chi connectivity index (χ0) is 18.8. The summed E-state index contributed by atoms with van der Waals surface area (Å²) in [5.41, 5.74) is 2.00. The maximum atomic E-state index is 10.4. The predicted molar refractivity (Wildman–Crippen MR) is 102 cm³/mol. The topological polar surface area (TPSA) is 85.1 Å². The molecule has 4 rings (SSSR count). The van der Waals surface area contributed by atoms with Crippen molar-refractivity contribution in [2.45, 2.75) is 44.9 Å². The second-order valence-electron chi connectivity index (χ2n) is 7.09. The molecule has 3 atom stereocenters. The van der Waals surface area contributed by atoms with Crippen LogP contribution in [0.5, 0.6) is 11.6 Å². The van der Waals surface area contributed by atoms with Crippen LogP contribution in [0.1, 0.15) is 26.7 Å². The number of nitrogens with one attached hydrogen (secondary N) is 1. The Labute approximate surface area is 158 Å². The van der Waals surface area contributed by atoms with Crippen molar-refractivity contribution >= 4 is 0 Å². The Morgan fingerprint density at radius 3 is 2.56 bits per heavy atom. The van der Waals surface area contributed by atoms with E-state index in [1.54, 1.807) is 23.0 Å². The van der Waals surface area contributed by atoms with Crippen LogP contribution in [0.25, 0.3) is 16.9 Å². The zero-order valence-electron chi connectivity index (χ0n) is 15.4. The van der Waals surface area contributed by atoms with Gasteiger partial charge < -0.3 is 15.2 Å². The maximum Gasteiger partial charge on any atom is 0.233 e. The van der Waals surface area contributed by atoms with Gasteiger partial charge in [-0.2, -0.15) is 5.10 Å². The molecule has 1 aliphatic heterocycles. The van der Waals surface area contributed by atoms with Gasteiger partial charge in [0.2, 0.25) is 5.88 Å². The lowest BCUT2D eigenvalue weighted by Gasteiger charge is -2.32. The molecule has 7 nitrogen and oxygen atoms in total. The third-order valence-corrected chi connectivity index (χ3v) is 4.76. The first kappa shape index (κ1) is 17.5. The lowest BCUT2D eigenvalue weighted by molar-refractivity contribution is 0.117. The summed E-state index contributed by atoms with van der Waals surface area (Å²) in [4.78, 5) is 0. The molecule has 0 radical (unpaired) electrons. The fourth-order valence-electron chi connectivity index (χ4n) is 3.60. The van der Waals surface area contributed by atoms with Crippen molar-refractivity contribution in [2.75, 3.05) is 0 Å². The van der Waals surface area contributed by atoms with Gasteiger partial charge in [-0.15, -0.1) is 10.2 Å². The summed E-state index contributed by atoms with van der Waals surface area (Å²) in [5.74, 6) is 0.643. The monoisotopic (exact) mass is 365 g/mol. The first-order chi connectivity index (χ1) is 13.1. The Bertz CT molecular complexity index is 885. The Morgan fingerprint density at radius 1 is 1.11 bits per heavy atom.